The number of nitrogens with one attached hydrogen (secondary N) is 2. The van der Waals surface area contributed by atoms with Crippen LogP contribution in [0.3, 0.4) is 0 Å². The van der Waals surface area contributed by atoms with Gasteiger partial charge in [0.25, 0.3) is 11.8 Å². The summed E-state index contributed by atoms with van der Waals surface area (Å²) >= 11 is 7.15. The van der Waals surface area contributed by atoms with Crippen molar-refractivity contribution in [3.05, 3.63) is 78.1 Å². The lowest BCUT2D eigenvalue weighted by Gasteiger charge is -2.26. The van der Waals surface area contributed by atoms with E-state index >= 15 is 0 Å². The largest absolute Gasteiger partial charge is 0.509 e. The van der Waals surface area contributed by atoms with E-state index in [1.54, 1.807) is 0 Å². The summed E-state index contributed by atoms with van der Waals surface area (Å²) in [7, 11) is 0. The van der Waals surface area contributed by atoms with E-state index < -0.39 is 29.0 Å². The normalized spacial score (nSPS) is 19.2. The second kappa shape index (κ2) is 18.8. The molecule has 0 bridgehead atoms. The number of rotatable bonds is 9. The van der Waals surface area contributed by atoms with Gasteiger partial charge in [-0.2, -0.15) is 0 Å². The zero-order valence-corrected chi connectivity index (χ0v) is 35.3. The molecule has 2 aliphatic rings. The Hall–Kier alpha value is -3.77. The van der Waals surface area contributed by atoms with E-state index in [4.69, 9.17) is 4.74 Å². The highest BCUT2D eigenvalue weighted by atomic mass is 79.9. The van der Waals surface area contributed by atoms with E-state index in [-0.39, 0.29) is 17.6 Å². The molecule has 284 valence electrons. The number of hydrogen-bond donors (Lipinski definition) is 3. The molecular formula is C40H52Br2N2O8. The smallest absolute Gasteiger partial charge is 0.310 e. The quantitative estimate of drug-likeness (QED) is 0.168. The molecule has 52 heavy (non-hydrogen) atoms. The number of aliphatic hydroxyl groups excluding tert-OH is 1. The Labute approximate surface area is 324 Å². The molecule has 3 N–H and O–H groups in total. The highest BCUT2D eigenvalue weighted by Gasteiger charge is 2.45. The molecule has 2 atom stereocenters. The molecule has 0 aromatic heterocycles. The van der Waals surface area contributed by atoms with Gasteiger partial charge in [0.15, 0.2) is 0 Å². The SMILES string of the molecule is CC(=O)OC(C)=O.CCCC1(C)NC(=O)C(c2c(Br)cc(C)cc2CC)=C1O.CCCC1(C)NC(=O)C(c2c(Br)cc(C)cc2CC)=C1OC(C)=O. The minimum atomic E-state index is -0.665. The van der Waals surface area contributed by atoms with Gasteiger partial charge in [0.1, 0.15) is 11.5 Å². The molecule has 0 spiro atoms. The number of hydrogen-bond acceptors (Lipinski definition) is 8. The molecule has 0 saturated heterocycles. The van der Waals surface area contributed by atoms with Gasteiger partial charge < -0.3 is 25.2 Å². The van der Waals surface area contributed by atoms with Crippen LogP contribution in [-0.2, 0) is 46.3 Å². The number of esters is 3. The fraction of sp³-hybridized carbons (Fsp3) is 0.475. The maximum atomic E-state index is 12.8. The van der Waals surface area contributed by atoms with Crippen molar-refractivity contribution in [1.82, 2.24) is 10.6 Å². The van der Waals surface area contributed by atoms with E-state index in [9.17, 15) is 29.1 Å². The van der Waals surface area contributed by atoms with Crippen molar-refractivity contribution in [3.63, 3.8) is 0 Å². The molecule has 12 heteroatoms. The average Bonchev–Trinajstić information content (AvgIpc) is 3.38. The molecule has 2 aromatic rings. The summed E-state index contributed by atoms with van der Waals surface area (Å²) in [5, 5.41) is 16.6. The summed E-state index contributed by atoms with van der Waals surface area (Å²) < 4.78 is 11.2. The molecule has 0 aliphatic carbocycles. The lowest BCUT2D eigenvalue weighted by molar-refractivity contribution is -0.156. The minimum absolute atomic E-state index is 0.161. The summed E-state index contributed by atoms with van der Waals surface area (Å²) in [5.41, 5.74) is 5.56. The molecular weight excluding hydrogens is 796 g/mol. The number of amides is 2. The third kappa shape index (κ3) is 10.7. The van der Waals surface area contributed by atoms with Gasteiger partial charge in [0, 0.05) is 40.8 Å². The van der Waals surface area contributed by atoms with Crippen molar-refractivity contribution in [3.8, 4) is 0 Å². The summed E-state index contributed by atoms with van der Waals surface area (Å²) in [6, 6.07) is 8.11. The Morgan fingerprint density at radius 2 is 1.10 bits per heavy atom. The van der Waals surface area contributed by atoms with Crippen LogP contribution in [0.25, 0.3) is 11.1 Å². The first kappa shape index (κ1) is 44.4. The zero-order valence-electron chi connectivity index (χ0n) is 32.1. The fourth-order valence-corrected chi connectivity index (χ4v) is 8.20. The Bertz CT molecular complexity index is 1790. The van der Waals surface area contributed by atoms with Crippen molar-refractivity contribution in [1.29, 1.82) is 0 Å². The van der Waals surface area contributed by atoms with E-state index in [1.165, 1.54) is 20.8 Å². The number of ether oxygens (including phenoxy) is 2. The highest BCUT2D eigenvalue weighted by Crippen LogP contribution is 2.42. The minimum Gasteiger partial charge on any atom is -0.509 e. The van der Waals surface area contributed by atoms with Gasteiger partial charge in [0.2, 0.25) is 0 Å². The summed E-state index contributed by atoms with van der Waals surface area (Å²) in [6.45, 7) is 19.8. The standard InChI is InChI=1S/C19H24BrNO3.C17H22BrNO2.C4H6O3/c1-6-8-19(5)17(24-12(4)22)16(18(23)21-19)15-13(7-2)9-11(3)10-14(15)20;1-5-7-17(4)15(20)14(16(21)19-17)13-11(6-2)8-10(3)9-12(13)18;1-3(5)7-4(2)6/h9-10H,6-8H2,1-5H3,(H,21,23);8-9,20H,5-7H2,1-4H3,(H,19,21);1-2H3. The topological polar surface area (TPSA) is 148 Å². The highest BCUT2D eigenvalue weighted by molar-refractivity contribution is 9.10. The average molecular weight is 849 g/mol. The first-order valence-electron chi connectivity index (χ1n) is 17.5. The third-order valence-electron chi connectivity index (χ3n) is 8.65. The monoisotopic (exact) mass is 846 g/mol. The van der Waals surface area contributed by atoms with Gasteiger partial charge in [0.05, 0.1) is 22.2 Å². The predicted octanol–water partition coefficient (Wildman–Crippen LogP) is 8.66. The van der Waals surface area contributed by atoms with Gasteiger partial charge in [-0.3, -0.25) is 24.0 Å². The maximum absolute atomic E-state index is 12.8. The fourth-order valence-electron chi connectivity index (χ4n) is 6.58. The van der Waals surface area contributed by atoms with Crippen LogP contribution in [0.2, 0.25) is 0 Å². The van der Waals surface area contributed by atoms with Crippen LogP contribution in [0.4, 0.5) is 0 Å². The van der Waals surface area contributed by atoms with Crippen LogP contribution in [0.15, 0.2) is 44.7 Å². The zero-order chi connectivity index (χ0) is 39.7. The number of halogens is 2. The summed E-state index contributed by atoms with van der Waals surface area (Å²) in [4.78, 5) is 56.5. The lowest BCUT2D eigenvalue weighted by Crippen LogP contribution is -2.42. The van der Waals surface area contributed by atoms with E-state index in [0.717, 1.165) is 74.4 Å². The molecule has 2 heterocycles. The molecule has 10 nitrogen and oxygen atoms in total. The van der Waals surface area contributed by atoms with Crippen LogP contribution in [-0.4, -0.2) is 45.9 Å². The van der Waals surface area contributed by atoms with E-state index in [2.05, 4.69) is 73.2 Å². The number of carbonyl (C=O) groups is 5. The summed E-state index contributed by atoms with van der Waals surface area (Å²) in [5.74, 6) is -1.33. The molecule has 2 aliphatic heterocycles. The van der Waals surface area contributed by atoms with Crippen molar-refractivity contribution in [2.45, 2.75) is 126 Å². The number of carbonyl (C=O) groups excluding carboxylic acids is 5. The first-order valence-corrected chi connectivity index (χ1v) is 19.1. The molecule has 0 fully saturated rings. The van der Waals surface area contributed by atoms with Gasteiger partial charge in [-0.1, -0.05) is 84.5 Å². The second-order valence-corrected chi connectivity index (χ2v) is 15.2. The number of benzene rings is 2. The third-order valence-corrected chi connectivity index (χ3v) is 9.90. The second-order valence-electron chi connectivity index (χ2n) is 13.4. The van der Waals surface area contributed by atoms with Crippen LogP contribution < -0.4 is 10.6 Å². The molecule has 2 amide bonds. The van der Waals surface area contributed by atoms with Crippen LogP contribution in [0.5, 0.6) is 0 Å². The Morgan fingerprint density at radius 1 is 0.692 bits per heavy atom. The molecule has 2 unspecified atom stereocenters. The summed E-state index contributed by atoms with van der Waals surface area (Å²) in [6.07, 6.45) is 4.78. The number of aryl methyl sites for hydroxylation is 4. The Morgan fingerprint density at radius 3 is 1.48 bits per heavy atom. The van der Waals surface area contributed by atoms with Crippen molar-refractivity contribution >= 4 is 72.7 Å². The van der Waals surface area contributed by atoms with Crippen molar-refractivity contribution in [2.24, 2.45) is 0 Å². The van der Waals surface area contributed by atoms with E-state index in [0.29, 0.717) is 23.3 Å². The Balaban J connectivity index is 0.000000307. The van der Waals surface area contributed by atoms with Gasteiger partial charge in [-0.25, -0.2) is 0 Å². The molecule has 4 rings (SSSR count). The predicted molar refractivity (Wildman–Crippen MR) is 210 cm³/mol. The Kier molecular flexibility index (Phi) is 16.1. The molecule has 0 saturated carbocycles. The molecule has 2 aromatic carbocycles. The van der Waals surface area contributed by atoms with Gasteiger partial charge in [-0.15, -0.1) is 0 Å². The van der Waals surface area contributed by atoms with E-state index in [1.807, 2.05) is 53.7 Å². The molecule has 0 radical (unpaired) electrons. The van der Waals surface area contributed by atoms with Gasteiger partial charge in [-0.05, 0) is 87.8 Å². The lowest BCUT2D eigenvalue weighted by atomic mass is 9.90. The number of aliphatic hydroxyl groups is 1. The van der Waals surface area contributed by atoms with Gasteiger partial charge >= 0.3 is 17.9 Å². The van der Waals surface area contributed by atoms with Crippen LogP contribution in [0, 0.1) is 13.8 Å². The van der Waals surface area contributed by atoms with Crippen LogP contribution >= 0.6 is 31.9 Å². The maximum Gasteiger partial charge on any atom is 0.310 e. The first-order chi connectivity index (χ1) is 24.2. The van der Waals surface area contributed by atoms with Crippen LogP contribution in [0.1, 0.15) is 121 Å². The van der Waals surface area contributed by atoms with Crippen molar-refractivity contribution < 1.29 is 38.6 Å². The van der Waals surface area contributed by atoms with Crippen molar-refractivity contribution in [2.75, 3.05) is 0 Å².